The van der Waals surface area contributed by atoms with Crippen LogP contribution < -0.4 is 0 Å². The summed E-state index contributed by atoms with van der Waals surface area (Å²) in [5.74, 6) is 0. The van der Waals surface area contributed by atoms with Crippen LogP contribution in [0.1, 0.15) is 30.0 Å². The standard InChI is InChI=1S/C15H20N2S/c1-5-13-9-11-18(4,6-2)15(17-13)14-12(3)8-7-10-16-14/h6-11,15H,2,5H2,1,3-4H3. The molecule has 1 aliphatic heterocycles. The highest BCUT2D eigenvalue weighted by Crippen LogP contribution is 2.61. The zero-order valence-electron chi connectivity index (χ0n) is 11.3. The van der Waals surface area contributed by atoms with E-state index in [4.69, 9.17) is 4.99 Å². The summed E-state index contributed by atoms with van der Waals surface area (Å²) in [6, 6.07) is 4.08. The number of pyridine rings is 1. The highest BCUT2D eigenvalue weighted by molar-refractivity contribution is 8.38. The van der Waals surface area contributed by atoms with Crippen molar-refractivity contribution in [2.75, 3.05) is 6.26 Å². The Morgan fingerprint density at radius 2 is 2.28 bits per heavy atom. The molecule has 1 aliphatic rings. The van der Waals surface area contributed by atoms with Crippen LogP contribution in [-0.4, -0.2) is 17.0 Å². The van der Waals surface area contributed by atoms with E-state index in [1.165, 1.54) is 5.56 Å². The molecule has 0 amide bonds. The highest BCUT2D eigenvalue weighted by Gasteiger charge is 2.30. The number of hydrogen-bond donors (Lipinski definition) is 0. The quantitative estimate of drug-likeness (QED) is 0.793. The van der Waals surface area contributed by atoms with Crippen LogP contribution in [-0.2, 0) is 0 Å². The van der Waals surface area contributed by atoms with E-state index in [0.29, 0.717) is 0 Å². The Hall–Kier alpha value is -1.35. The van der Waals surface area contributed by atoms with Crippen molar-refractivity contribution < 1.29 is 0 Å². The Kier molecular flexibility index (Phi) is 3.71. The number of allylic oxidation sites excluding steroid dienone is 1. The predicted octanol–water partition coefficient (Wildman–Crippen LogP) is 4.34. The second-order valence-corrected chi connectivity index (χ2v) is 7.90. The second kappa shape index (κ2) is 5.11. The zero-order chi connectivity index (χ0) is 13.2. The van der Waals surface area contributed by atoms with Gasteiger partial charge in [-0.1, -0.05) is 19.6 Å². The van der Waals surface area contributed by atoms with Crippen molar-refractivity contribution >= 4 is 15.7 Å². The summed E-state index contributed by atoms with van der Waals surface area (Å²) in [6.07, 6.45) is 7.20. The van der Waals surface area contributed by atoms with Crippen molar-refractivity contribution in [2.24, 2.45) is 4.99 Å². The van der Waals surface area contributed by atoms with Gasteiger partial charge in [-0.2, -0.15) is 10.0 Å². The van der Waals surface area contributed by atoms with Gasteiger partial charge in [-0.25, -0.2) is 0 Å². The topological polar surface area (TPSA) is 25.2 Å². The summed E-state index contributed by atoms with van der Waals surface area (Å²) in [5, 5.41) is 4.46. The number of rotatable bonds is 3. The molecule has 0 N–H and O–H groups in total. The molecule has 0 saturated carbocycles. The molecule has 0 bridgehead atoms. The van der Waals surface area contributed by atoms with E-state index in [1.807, 2.05) is 12.3 Å². The summed E-state index contributed by atoms with van der Waals surface area (Å²) >= 11 is 0. The van der Waals surface area contributed by atoms with E-state index in [9.17, 15) is 0 Å². The highest BCUT2D eigenvalue weighted by atomic mass is 32.3. The number of aliphatic imine (C=N–C) groups is 1. The first-order valence-electron chi connectivity index (χ1n) is 6.16. The minimum atomic E-state index is -1.10. The Morgan fingerprint density at radius 3 is 2.89 bits per heavy atom. The SMILES string of the molecule is C=CS1(C)C=CC(CC)=NC1c1ncccc1C. The molecule has 1 aromatic heterocycles. The van der Waals surface area contributed by atoms with E-state index < -0.39 is 10.0 Å². The maximum Gasteiger partial charge on any atom is 0.129 e. The van der Waals surface area contributed by atoms with E-state index in [2.05, 4.69) is 54.6 Å². The molecule has 2 unspecified atom stereocenters. The molecule has 0 spiro atoms. The molecule has 2 atom stereocenters. The van der Waals surface area contributed by atoms with Gasteiger partial charge in [-0.3, -0.25) is 9.98 Å². The van der Waals surface area contributed by atoms with Crippen LogP contribution in [0.25, 0.3) is 0 Å². The van der Waals surface area contributed by atoms with Gasteiger partial charge in [0, 0.05) is 11.9 Å². The fourth-order valence-electron chi connectivity index (χ4n) is 2.02. The van der Waals surface area contributed by atoms with Gasteiger partial charge < -0.3 is 0 Å². The fraction of sp³-hybridized carbons (Fsp3) is 0.333. The molecule has 0 fully saturated rings. The first-order chi connectivity index (χ1) is 8.60. The third-order valence-corrected chi connectivity index (χ3v) is 6.05. The van der Waals surface area contributed by atoms with Gasteiger partial charge >= 0.3 is 0 Å². The van der Waals surface area contributed by atoms with Gasteiger partial charge in [-0.05, 0) is 48.1 Å². The molecule has 18 heavy (non-hydrogen) atoms. The second-order valence-electron chi connectivity index (χ2n) is 4.62. The van der Waals surface area contributed by atoms with Crippen molar-refractivity contribution in [1.29, 1.82) is 0 Å². The monoisotopic (exact) mass is 260 g/mol. The van der Waals surface area contributed by atoms with Crippen molar-refractivity contribution in [2.45, 2.75) is 25.6 Å². The Labute approximate surface area is 111 Å². The molecular weight excluding hydrogens is 240 g/mol. The predicted molar refractivity (Wildman–Crippen MR) is 82.3 cm³/mol. The largest absolute Gasteiger partial charge is 0.270 e. The third kappa shape index (κ3) is 2.27. The summed E-state index contributed by atoms with van der Waals surface area (Å²) < 4.78 is 0. The molecular formula is C15H20N2S. The van der Waals surface area contributed by atoms with Crippen LogP contribution in [0.5, 0.6) is 0 Å². The Morgan fingerprint density at radius 1 is 1.50 bits per heavy atom. The van der Waals surface area contributed by atoms with Crippen molar-refractivity contribution in [3.05, 3.63) is 53.1 Å². The summed E-state index contributed by atoms with van der Waals surface area (Å²) in [6.45, 7) is 8.24. The van der Waals surface area contributed by atoms with E-state index >= 15 is 0 Å². The lowest BCUT2D eigenvalue weighted by Gasteiger charge is -2.38. The Bertz CT molecular complexity index is 519. The molecule has 96 valence electrons. The lowest BCUT2D eigenvalue weighted by molar-refractivity contribution is 0.927. The lowest BCUT2D eigenvalue weighted by Crippen LogP contribution is -2.13. The molecule has 2 nitrogen and oxygen atoms in total. The minimum absolute atomic E-state index is 0.121. The van der Waals surface area contributed by atoms with Gasteiger partial charge in [0.1, 0.15) is 5.37 Å². The van der Waals surface area contributed by atoms with E-state index in [0.717, 1.165) is 17.8 Å². The fourth-order valence-corrected chi connectivity index (χ4v) is 4.00. The molecule has 2 rings (SSSR count). The van der Waals surface area contributed by atoms with Crippen LogP contribution in [0, 0.1) is 6.92 Å². The molecule has 0 aromatic carbocycles. The average molecular weight is 260 g/mol. The zero-order valence-corrected chi connectivity index (χ0v) is 12.1. The van der Waals surface area contributed by atoms with Gasteiger partial charge in [0.25, 0.3) is 0 Å². The van der Waals surface area contributed by atoms with Crippen LogP contribution in [0.15, 0.2) is 46.8 Å². The van der Waals surface area contributed by atoms with E-state index in [-0.39, 0.29) is 5.37 Å². The summed E-state index contributed by atoms with van der Waals surface area (Å²) in [7, 11) is -1.10. The number of hydrogen-bond acceptors (Lipinski definition) is 2. The van der Waals surface area contributed by atoms with Crippen molar-refractivity contribution in [1.82, 2.24) is 4.98 Å². The van der Waals surface area contributed by atoms with Crippen LogP contribution >= 0.6 is 10.0 Å². The van der Waals surface area contributed by atoms with Crippen LogP contribution in [0.2, 0.25) is 0 Å². The molecule has 0 saturated heterocycles. The average Bonchev–Trinajstić information content (AvgIpc) is 2.40. The normalized spacial score (nSPS) is 30.4. The Balaban J connectivity index is 2.51. The van der Waals surface area contributed by atoms with Gasteiger partial charge in [0.05, 0.1) is 5.69 Å². The molecule has 3 heteroatoms. The van der Waals surface area contributed by atoms with Gasteiger partial charge in [0.15, 0.2) is 0 Å². The first-order valence-corrected chi connectivity index (χ1v) is 8.39. The number of aromatic nitrogens is 1. The number of aryl methyl sites for hydroxylation is 1. The molecule has 2 heterocycles. The van der Waals surface area contributed by atoms with Crippen LogP contribution in [0.3, 0.4) is 0 Å². The first kappa shape index (κ1) is 13.1. The minimum Gasteiger partial charge on any atom is -0.270 e. The van der Waals surface area contributed by atoms with E-state index in [1.54, 1.807) is 0 Å². The maximum absolute atomic E-state index is 4.89. The maximum atomic E-state index is 4.89. The molecule has 1 aromatic rings. The summed E-state index contributed by atoms with van der Waals surface area (Å²) in [4.78, 5) is 9.43. The van der Waals surface area contributed by atoms with Gasteiger partial charge in [-0.15, -0.1) is 0 Å². The van der Waals surface area contributed by atoms with Gasteiger partial charge in [0.2, 0.25) is 0 Å². The lowest BCUT2D eigenvalue weighted by atomic mass is 10.2. The van der Waals surface area contributed by atoms with Crippen molar-refractivity contribution in [3.8, 4) is 0 Å². The number of nitrogens with zero attached hydrogens (tertiary/aromatic N) is 2. The molecule has 0 radical (unpaired) electrons. The third-order valence-electron chi connectivity index (χ3n) is 3.32. The van der Waals surface area contributed by atoms with Crippen LogP contribution in [0.4, 0.5) is 0 Å². The van der Waals surface area contributed by atoms with Crippen molar-refractivity contribution in [3.63, 3.8) is 0 Å². The summed E-state index contributed by atoms with van der Waals surface area (Å²) in [5.41, 5.74) is 3.44. The smallest absolute Gasteiger partial charge is 0.129 e. The molecule has 0 aliphatic carbocycles.